The third-order valence-corrected chi connectivity index (χ3v) is 7.38. The van der Waals surface area contributed by atoms with Crippen LogP contribution < -0.4 is 10.5 Å². The lowest BCUT2D eigenvalue weighted by Gasteiger charge is -2.31. The van der Waals surface area contributed by atoms with Gasteiger partial charge in [0.1, 0.15) is 11.3 Å². The molecule has 1 saturated heterocycles. The summed E-state index contributed by atoms with van der Waals surface area (Å²) in [6.07, 6.45) is 2.03. The van der Waals surface area contributed by atoms with Crippen LogP contribution in [0.4, 0.5) is 5.69 Å². The van der Waals surface area contributed by atoms with Gasteiger partial charge >= 0.3 is 0 Å². The van der Waals surface area contributed by atoms with E-state index in [0.717, 1.165) is 30.9 Å². The number of carbonyl (C=O) groups is 1. The lowest BCUT2D eigenvalue weighted by molar-refractivity contribution is 0.0746. The number of anilines is 1. The number of hydrogen-bond donors (Lipinski definition) is 2. The Kier molecular flexibility index (Phi) is 8.93. The molecule has 0 unspecified atom stereocenters. The Morgan fingerprint density at radius 1 is 1.42 bits per heavy atom. The van der Waals surface area contributed by atoms with E-state index < -0.39 is 0 Å². The summed E-state index contributed by atoms with van der Waals surface area (Å²) in [6.45, 7) is 4.86. The molecule has 0 aromatic heterocycles. The average molecular weight is 463 g/mol. The summed E-state index contributed by atoms with van der Waals surface area (Å²) in [5.41, 5.74) is 7.85. The maximum atomic E-state index is 13.2. The van der Waals surface area contributed by atoms with E-state index in [9.17, 15) is 9.90 Å². The molecular formula is C18H27BrN2O3S2. The number of aliphatic hydroxyl groups is 1. The van der Waals surface area contributed by atoms with Gasteiger partial charge in [0, 0.05) is 23.9 Å². The van der Waals surface area contributed by atoms with Gasteiger partial charge in [-0.05, 0) is 46.3 Å². The molecule has 3 N–H and O–H groups in total. The Bertz CT molecular complexity index is 612. The average Bonchev–Trinajstić information content (AvgIpc) is 3.11. The van der Waals surface area contributed by atoms with Gasteiger partial charge in [-0.3, -0.25) is 4.79 Å². The van der Waals surface area contributed by atoms with Gasteiger partial charge in [-0.2, -0.15) is 0 Å². The predicted molar refractivity (Wildman–Crippen MR) is 115 cm³/mol. The zero-order valence-corrected chi connectivity index (χ0v) is 18.5. The highest BCUT2D eigenvalue weighted by Crippen LogP contribution is 2.36. The normalized spacial score (nSPS) is 17.1. The molecular weight excluding hydrogens is 436 g/mol. The van der Waals surface area contributed by atoms with Crippen LogP contribution in [0.15, 0.2) is 12.1 Å². The molecule has 1 aliphatic heterocycles. The highest BCUT2D eigenvalue weighted by molar-refractivity contribution is 9.09. The van der Waals surface area contributed by atoms with E-state index in [0.29, 0.717) is 32.7 Å². The van der Waals surface area contributed by atoms with Gasteiger partial charge in [0.05, 0.1) is 22.8 Å². The van der Waals surface area contributed by atoms with Crippen LogP contribution >= 0.6 is 39.5 Å². The van der Waals surface area contributed by atoms with Crippen LogP contribution in [-0.2, 0) is 6.61 Å². The first-order valence-corrected chi connectivity index (χ1v) is 12.0. The summed E-state index contributed by atoms with van der Waals surface area (Å²) in [6, 6.07) is 3.51. The molecule has 5 nitrogen and oxygen atoms in total. The molecule has 0 bridgehead atoms. The molecule has 8 heteroatoms. The van der Waals surface area contributed by atoms with Crippen molar-refractivity contribution in [1.82, 2.24) is 4.90 Å². The topological polar surface area (TPSA) is 75.8 Å². The number of benzene rings is 1. The van der Waals surface area contributed by atoms with Crippen molar-refractivity contribution in [2.24, 2.45) is 0 Å². The highest BCUT2D eigenvalue weighted by atomic mass is 79.9. The van der Waals surface area contributed by atoms with Gasteiger partial charge in [0.15, 0.2) is 0 Å². The van der Waals surface area contributed by atoms with Crippen molar-refractivity contribution in [2.75, 3.05) is 29.3 Å². The van der Waals surface area contributed by atoms with E-state index in [1.54, 1.807) is 12.1 Å². The number of rotatable bonds is 9. The van der Waals surface area contributed by atoms with Crippen molar-refractivity contribution in [2.45, 2.75) is 43.9 Å². The third-order valence-electron chi connectivity index (χ3n) is 4.38. The van der Waals surface area contributed by atoms with Crippen LogP contribution in [-0.4, -0.2) is 50.1 Å². The van der Waals surface area contributed by atoms with Crippen molar-refractivity contribution in [3.63, 3.8) is 0 Å². The van der Waals surface area contributed by atoms with Gasteiger partial charge in [-0.1, -0.05) is 13.8 Å². The van der Waals surface area contributed by atoms with Crippen LogP contribution in [0.1, 0.15) is 42.6 Å². The molecule has 1 atom stereocenters. The minimum Gasteiger partial charge on any atom is -0.482 e. The fraction of sp³-hybridized carbons (Fsp3) is 0.611. The van der Waals surface area contributed by atoms with E-state index in [1.165, 1.54) is 0 Å². The highest BCUT2D eigenvalue weighted by Gasteiger charge is 2.36. The zero-order valence-electron chi connectivity index (χ0n) is 15.2. The number of halogens is 1. The smallest absolute Gasteiger partial charge is 0.256 e. The molecule has 2 rings (SSSR count). The summed E-state index contributed by atoms with van der Waals surface area (Å²) < 4.78 is 5.82. The minimum atomic E-state index is -0.202. The van der Waals surface area contributed by atoms with Gasteiger partial charge in [0.2, 0.25) is 0 Å². The predicted octanol–water partition coefficient (Wildman–Crippen LogP) is 3.93. The van der Waals surface area contributed by atoms with Crippen molar-refractivity contribution in [3.8, 4) is 5.75 Å². The molecule has 0 aliphatic carbocycles. The number of nitrogens with two attached hydrogens (primary N) is 1. The van der Waals surface area contributed by atoms with E-state index in [2.05, 4.69) is 29.8 Å². The largest absolute Gasteiger partial charge is 0.482 e. The van der Waals surface area contributed by atoms with E-state index in [4.69, 9.17) is 10.5 Å². The van der Waals surface area contributed by atoms with E-state index in [-0.39, 0.29) is 18.6 Å². The summed E-state index contributed by atoms with van der Waals surface area (Å²) in [5, 5.41) is 9.62. The minimum absolute atomic E-state index is 0.0523. The Labute approximate surface area is 172 Å². The number of nitrogens with zero attached hydrogens (tertiary/aromatic N) is 1. The second kappa shape index (κ2) is 10.7. The van der Waals surface area contributed by atoms with Gasteiger partial charge in [0.25, 0.3) is 5.91 Å². The molecule has 146 valence electrons. The fourth-order valence-corrected chi connectivity index (χ4v) is 6.34. The molecule has 1 aromatic carbocycles. The number of carbonyl (C=O) groups excluding carboxylic acids is 1. The lowest BCUT2D eigenvalue weighted by atomic mass is 10.1. The second-order valence-corrected chi connectivity index (χ2v) is 9.54. The second-order valence-electron chi connectivity index (χ2n) is 5.95. The van der Waals surface area contributed by atoms with Crippen LogP contribution in [0.2, 0.25) is 0 Å². The number of thioether (sulfide) groups is 2. The fourth-order valence-electron chi connectivity index (χ4n) is 3.22. The van der Waals surface area contributed by atoms with Crippen molar-refractivity contribution < 1.29 is 14.6 Å². The van der Waals surface area contributed by atoms with Gasteiger partial charge in [-0.25, -0.2) is 0 Å². The Morgan fingerprint density at radius 3 is 2.69 bits per heavy atom. The quantitative estimate of drug-likeness (QED) is 0.328. The molecule has 1 fully saturated rings. The first-order chi connectivity index (χ1) is 12.6. The number of likely N-dealkylation sites (tertiary alicyclic amines) is 1. The van der Waals surface area contributed by atoms with Crippen LogP contribution in [0, 0.1) is 0 Å². The first-order valence-electron chi connectivity index (χ1n) is 8.83. The number of amides is 1. The molecule has 1 aromatic rings. The van der Waals surface area contributed by atoms with Crippen molar-refractivity contribution >= 4 is 51.0 Å². The Morgan fingerprint density at radius 2 is 2.12 bits per heavy atom. The molecule has 26 heavy (non-hydrogen) atoms. The monoisotopic (exact) mass is 462 g/mol. The summed E-state index contributed by atoms with van der Waals surface area (Å²) in [7, 11) is 0. The number of nitrogen functional groups attached to an aromatic ring is 1. The van der Waals surface area contributed by atoms with Gasteiger partial charge < -0.3 is 20.5 Å². The maximum Gasteiger partial charge on any atom is 0.256 e. The first kappa shape index (κ1) is 21.7. The number of hydrogen-bond acceptors (Lipinski definition) is 6. The lowest BCUT2D eigenvalue weighted by Crippen LogP contribution is -2.41. The molecule has 1 aliphatic rings. The SMILES string of the molecule is CCSC(SCC)[C@@H]1CCCN1C(=O)c1cc(CO)c(OCBr)cc1N. The number of aliphatic hydroxyl groups excluding tert-OH is 1. The number of ether oxygens (including phenoxy) is 1. The van der Waals surface area contributed by atoms with E-state index in [1.807, 2.05) is 28.4 Å². The summed E-state index contributed by atoms with van der Waals surface area (Å²) >= 11 is 7.02. The zero-order chi connectivity index (χ0) is 19.1. The molecule has 0 saturated carbocycles. The van der Waals surface area contributed by atoms with Crippen molar-refractivity contribution in [3.05, 3.63) is 23.3 Å². The van der Waals surface area contributed by atoms with Gasteiger partial charge in [-0.15, -0.1) is 23.5 Å². The van der Waals surface area contributed by atoms with Crippen LogP contribution in [0.3, 0.4) is 0 Å². The molecule has 0 spiro atoms. The summed E-state index contributed by atoms with van der Waals surface area (Å²) in [4.78, 5) is 15.2. The Hall–Kier alpha value is -0.570. The molecule has 0 radical (unpaired) electrons. The Balaban J connectivity index is 2.29. The number of alkyl halides is 1. The standard InChI is InChI=1S/C18H27BrN2O3S2/c1-3-25-18(26-4-2)15-6-5-7-21(15)17(23)13-8-12(10-22)16(24-11-19)9-14(13)20/h8-9,15,18,22H,3-7,10-11,20H2,1-2H3/t15-/m0/s1. The molecule has 1 heterocycles. The van der Waals surface area contributed by atoms with E-state index >= 15 is 0 Å². The summed E-state index contributed by atoms with van der Waals surface area (Å²) in [5.74, 6) is 2.51. The third kappa shape index (κ3) is 5.03. The van der Waals surface area contributed by atoms with Crippen molar-refractivity contribution in [1.29, 1.82) is 0 Å². The van der Waals surface area contributed by atoms with Crippen LogP contribution in [0.25, 0.3) is 0 Å². The van der Waals surface area contributed by atoms with Crippen LogP contribution in [0.5, 0.6) is 5.75 Å². The molecule has 1 amide bonds. The maximum absolute atomic E-state index is 13.2.